The topological polar surface area (TPSA) is 127 Å². The van der Waals surface area contributed by atoms with Crippen molar-refractivity contribution in [1.82, 2.24) is 20.4 Å². The van der Waals surface area contributed by atoms with E-state index in [2.05, 4.69) is 49.4 Å². The summed E-state index contributed by atoms with van der Waals surface area (Å²) in [5.41, 5.74) is -2.23. The Bertz CT molecular complexity index is 847. The molecule has 2 heterocycles. The van der Waals surface area contributed by atoms with Crippen LogP contribution in [0.15, 0.2) is 10.8 Å². The lowest BCUT2D eigenvalue weighted by Gasteiger charge is -2.42. The summed E-state index contributed by atoms with van der Waals surface area (Å²) in [5.74, 6) is -0.318. The van der Waals surface area contributed by atoms with E-state index < -0.39 is 49.7 Å². The molecular formula is C23H42N4O6Si. The fraction of sp³-hybridized carbons (Fsp3) is 0.826. The normalized spacial score (nSPS) is 22.3. The van der Waals surface area contributed by atoms with Crippen molar-refractivity contribution in [3.63, 3.8) is 0 Å². The smallest absolute Gasteiger partial charge is 0.411 e. The van der Waals surface area contributed by atoms with Crippen LogP contribution in [0.25, 0.3) is 0 Å². The molecule has 2 unspecified atom stereocenters. The number of hydrogen-bond acceptors (Lipinski definition) is 8. The third-order valence-electron chi connectivity index (χ3n) is 6.81. The lowest BCUT2D eigenvalue weighted by molar-refractivity contribution is -0.140. The molecule has 0 aromatic carbocycles. The highest BCUT2D eigenvalue weighted by Crippen LogP contribution is 2.39. The van der Waals surface area contributed by atoms with Gasteiger partial charge < -0.3 is 24.0 Å². The van der Waals surface area contributed by atoms with Gasteiger partial charge in [-0.1, -0.05) is 20.8 Å². The Morgan fingerprint density at radius 3 is 2.32 bits per heavy atom. The summed E-state index contributed by atoms with van der Waals surface area (Å²) in [6.07, 6.45) is -0.223. The van der Waals surface area contributed by atoms with Gasteiger partial charge in [-0.3, -0.25) is 9.69 Å². The van der Waals surface area contributed by atoms with Crippen LogP contribution in [0.2, 0.25) is 18.1 Å². The fourth-order valence-electron chi connectivity index (χ4n) is 3.95. The Hall–Kier alpha value is -1.98. The number of rotatable bonds is 7. The quantitative estimate of drug-likeness (QED) is 0.544. The summed E-state index contributed by atoms with van der Waals surface area (Å²) in [5, 5.41) is 21.5. The molecule has 11 heteroatoms. The van der Waals surface area contributed by atoms with E-state index in [9.17, 15) is 14.7 Å². The SMILES string of the molecule is CC(O)C1(C(=O)N[C@H](c2nnco2)[C@@H](C)O[Si](C)(C)C(C)(C)C)CCCN1C(=O)OC(C)(C)C. The molecule has 0 spiro atoms. The van der Waals surface area contributed by atoms with E-state index in [0.717, 1.165) is 0 Å². The van der Waals surface area contributed by atoms with Gasteiger partial charge in [0.05, 0.1) is 12.2 Å². The van der Waals surface area contributed by atoms with Gasteiger partial charge in [0.1, 0.15) is 11.6 Å². The van der Waals surface area contributed by atoms with E-state index in [4.69, 9.17) is 13.6 Å². The monoisotopic (exact) mass is 498 g/mol. The first kappa shape index (κ1) is 28.3. The van der Waals surface area contributed by atoms with Crippen molar-refractivity contribution >= 4 is 20.3 Å². The fourth-order valence-corrected chi connectivity index (χ4v) is 5.36. The molecule has 1 aliphatic rings. The molecule has 4 atom stereocenters. The minimum absolute atomic E-state index is 0.0511. The Balaban J connectivity index is 2.38. The second kappa shape index (κ2) is 9.94. The van der Waals surface area contributed by atoms with E-state index >= 15 is 0 Å². The zero-order valence-corrected chi connectivity index (χ0v) is 23.3. The van der Waals surface area contributed by atoms with Gasteiger partial charge in [0.25, 0.3) is 0 Å². The van der Waals surface area contributed by atoms with Gasteiger partial charge in [-0.25, -0.2) is 4.79 Å². The molecule has 2 N–H and O–H groups in total. The first-order valence-electron chi connectivity index (χ1n) is 11.9. The van der Waals surface area contributed by atoms with Gasteiger partial charge in [-0.05, 0) is 65.6 Å². The average molecular weight is 499 g/mol. The van der Waals surface area contributed by atoms with Crippen molar-refractivity contribution in [2.24, 2.45) is 0 Å². The van der Waals surface area contributed by atoms with Crippen molar-refractivity contribution in [2.75, 3.05) is 6.54 Å². The van der Waals surface area contributed by atoms with Crippen molar-refractivity contribution < 1.29 is 28.3 Å². The molecule has 0 bridgehead atoms. The lowest BCUT2D eigenvalue weighted by Crippen LogP contribution is -2.64. The molecule has 10 nitrogen and oxygen atoms in total. The second-order valence-corrected chi connectivity index (χ2v) is 16.4. The predicted octanol–water partition coefficient (Wildman–Crippen LogP) is 3.79. The highest BCUT2D eigenvalue weighted by atomic mass is 28.4. The van der Waals surface area contributed by atoms with Crippen LogP contribution in [0.4, 0.5) is 4.79 Å². The van der Waals surface area contributed by atoms with Crippen LogP contribution in [0, 0.1) is 0 Å². The number of aromatic nitrogens is 2. The molecule has 34 heavy (non-hydrogen) atoms. The first-order valence-corrected chi connectivity index (χ1v) is 14.8. The lowest BCUT2D eigenvalue weighted by atomic mass is 9.88. The molecule has 0 aliphatic carbocycles. The van der Waals surface area contributed by atoms with Crippen LogP contribution in [0.3, 0.4) is 0 Å². The highest BCUT2D eigenvalue weighted by Gasteiger charge is 2.55. The number of amides is 2. The molecule has 0 radical (unpaired) electrons. The Morgan fingerprint density at radius 1 is 1.24 bits per heavy atom. The molecule has 2 rings (SSSR count). The number of nitrogens with zero attached hydrogens (tertiary/aromatic N) is 3. The van der Waals surface area contributed by atoms with Gasteiger partial charge in [0.2, 0.25) is 18.2 Å². The molecule has 0 saturated carbocycles. The predicted molar refractivity (Wildman–Crippen MR) is 130 cm³/mol. The number of aliphatic hydroxyl groups excluding tert-OH is 1. The highest BCUT2D eigenvalue weighted by molar-refractivity contribution is 6.74. The molecule has 194 valence electrons. The van der Waals surface area contributed by atoms with E-state index in [1.54, 1.807) is 20.8 Å². The maximum atomic E-state index is 13.8. The number of nitrogens with one attached hydrogen (secondary N) is 1. The number of carbonyl (C=O) groups is 2. The van der Waals surface area contributed by atoms with Crippen LogP contribution >= 0.6 is 0 Å². The van der Waals surface area contributed by atoms with E-state index in [1.165, 1.54) is 18.2 Å². The number of hydrogen-bond donors (Lipinski definition) is 2. The van der Waals surface area contributed by atoms with Crippen molar-refractivity contribution in [3.05, 3.63) is 12.3 Å². The number of carbonyl (C=O) groups excluding carboxylic acids is 2. The van der Waals surface area contributed by atoms with Crippen molar-refractivity contribution in [1.29, 1.82) is 0 Å². The molecule has 1 aliphatic heterocycles. The average Bonchev–Trinajstić information content (AvgIpc) is 3.33. The van der Waals surface area contributed by atoms with Gasteiger partial charge in [-0.2, -0.15) is 0 Å². The van der Waals surface area contributed by atoms with Gasteiger partial charge >= 0.3 is 6.09 Å². The summed E-state index contributed by atoms with van der Waals surface area (Å²) in [7, 11) is -2.20. The summed E-state index contributed by atoms with van der Waals surface area (Å²) < 4.78 is 17.5. The minimum Gasteiger partial charge on any atom is -0.444 e. The standard InChI is InChI=1S/C23H42N4O6Si/c1-15(33-34(9,10)22(6,7)8)17(18-26-24-14-31-18)25-19(29)23(16(2)28)12-11-13-27(23)20(30)32-21(3,4)5/h14-17,28H,11-13H2,1-10H3,(H,25,29)/t15-,16?,17+,23?/m1/s1. The molecule has 1 fully saturated rings. The molecular weight excluding hydrogens is 456 g/mol. The molecule has 1 aromatic rings. The van der Waals surface area contributed by atoms with Crippen molar-refractivity contribution in [3.8, 4) is 0 Å². The number of aliphatic hydroxyl groups is 1. The molecule has 2 amide bonds. The maximum absolute atomic E-state index is 13.8. The maximum Gasteiger partial charge on any atom is 0.411 e. The van der Waals surface area contributed by atoms with Crippen LogP contribution < -0.4 is 5.32 Å². The van der Waals surface area contributed by atoms with E-state index in [0.29, 0.717) is 19.4 Å². The van der Waals surface area contributed by atoms with Crippen LogP contribution in [-0.4, -0.2) is 70.4 Å². The summed E-state index contributed by atoms with van der Waals surface area (Å²) in [4.78, 5) is 28.1. The first-order chi connectivity index (χ1) is 15.4. The molecule has 1 aromatic heterocycles. The van der Waals surface area contributed by atoms with Gasteiger partial charge in [-0.15, -0.1) is 10.2 Å². The minimum atomic E-state index is -2.20. The van der Waals surface area contributed by atoms with Gasteiger partial charge in [0, 0.05) is 6.54 Å². The third-order valence-corrected chi connectivity index (χ3v) is 11.4. The zero-order valence-electron chi connectivity index (χ0n) is 22.3. The molecule has 1 saturated heterocycles. The largest absolute Gasteiger partial charge is 0.444 e. The van der Waals surface area contributed by atoms with E-state index in [1.807, 2.05) is 6.92 Å². The third kappa shape index (κ3) is 5.98. The van der Waals surface area contributed by atoms with E-state index in [-0.39, 0.29) is 10.9 Å². The summed E-state index contributed by atoms with van der Waals surface area (Å²) >= 11 is 0. The Labute approximate surface area is 203 Å². The number of likely N-dealkylation sites (tertiary alicyclic amines) is 1. The van der Waals surface area contributed by atoms with Gasteiger partial charge in [0.15, 0.2) is 13.9 Å². The number of ether oxygens (including phenoxy) is 1. The zero-order chi connectivity index (χ0) is 26.1. The summed E-state index contributed by atoms with van der Waals surface area (Å²) in [6.45, 7) is 19.6. The second-order valence-electron chi connectivity index (χ2n) is 11.6. The summed E-state index contributed by atoms with van der Waals surface area (Å²) in [6, 6.07) is -0.763. The van der Waals surface area contributed by atoms with Crippen LogP contribution in [-0.2, 0) is 14.0 Å². The Morgan fingerprint density at radius 2 is 1.85 bits per heavy atom. The Kier molecular flexibility index (Phi) is 8.26. The van der Waals surface area contributed by atoms with Crippen molar-refractivity contribution in [2.45, 2.75) is 116 Å². The van der Waals surface area contributed by atoms with Crippen LogP contribution in [0.1, 0.15) is 80.2 Å². The van der Waals surface area contributed by atoms with Crippen LogP contribution in [0.5, 0.6) is 0 Å².